The van der Waals surface area contributed by atoms with Crippen LogP contribution in [-0.4, -0.2) is 20.1 Å². The smallest absolute Gasteiger partial charge is 0.223 e. The quantitative estimate of drug-likeness (QED) is 0.898. The Hall–Kier alpha value is -1.36. The molecule has 19 heavy (non-hydrogen) atoms. The Bertz CT molecular complexity index is 605. The van der Waals surface area contributed by atoms with E-state index in [1.54, 1.807) is 18.2 Å². The van der Waals surface area contributed by atoms with Crippen LogP contribution in [0.25, 0.3) is 0 Å². The minimum atomic E-state index is -3.17. The Labute approximate surface area is 113 Å². The van der Waals surface area contributed by atoms with Crippen LogP contribution in [-0.2, 0) is 14.6 Å². The number of rotatable bonds is 2. The molecule has 1 heterocycles. The van der Waals surface area contributed by atoms with Gasteiger partial charge in [0.25, 0.3) is 0 Å². The molecule has 2 aliphatic rings. The lowest BCUT2D eigenvalue weighted by Gasteiger charge is -2.30. The number of amides is 1. The molecule has 0 bridgehead atoms. The third-order valence-electron chi connectivity index (χ3n) is 4.10. The van der Waals surface area contributed by atoms with Crippen molar-refractivity contribution in [3.63, 3.8) is 0 Å². The first-order chi connectivity index (χ1) is 9.08. The molecule has 1 aromatic carbocycles. The van der Waals surface area contributed by atoms with Gasteiger partial charge in [-0.25, -0.2) is 8.42 Å². The van der Waals surface area contributed by atoms with Gasteiger partial charge in [0, 0.05) is 5.92 Å². The SMILES string of the molecule is O=C(N[C@@H]1CCS(=O)(=O)c2ccccc21)C1CCC1. The molecule has 1 N–H and O–H groups in total. The average molecular weight is 279 g/mol. The molecular formula is C14H17NO3S. The molecule has 1 aliphatic heterocycles. The van der Waals surface area contributed by atoms with Gasteiger partial charge in [-0.05, 0) is 30.9 Å². The van der Waals surface area contributed by atoms with Crippen LogP contribution < -0.4 is 5.32 Å². The van der Waals surface area contributed by atoms with Crippen LogP contribution in [0.1, 0.15) is 37.3 Å². The van der Waals surface area contributed by atoms with Crippen molar-refractivity contribution in [2.24, 2.45) is 5.92 Å². The number of carbonyl (C=O) groups excluding carboxylic acids is 1. The first kappa shape index (κ1) is 12.7. The summed E-state index contributed by atoms with van der Waals surface area (Å²) < 4.78 is 24.0. The van der Waals surface area contributed by atoms with Crippen molar-refractivity contribution in [1.82, 2.24) is 5.32 Å². The number of hydrogen-bond donors (Lipinski definition) is 1. The van der Waals surface area contributed by atoms with Crippen LogP contribution in [0.5, 0.6) is 0 Å². The van der Waals surface area contributed by atoms with E-state index < -0.39 is 9.84 Å². The van der Waals surface area contributed by atoms with Gasteiger partial charge in [0.1, 0.15) is 0 Å². The molecule has 1 aliphatic carbocycles. The van der Waals surface area contributed by atoms with Gasteiger partial charge in [0.05, 0.1) is 16.7 Å². The first-order valence-corrected chi connectivity index (χ1v) is 8.35. The maximum Gasteiger partial charge on any atom is 0.223 e. The molecule has 3 rings (SSSR count). The van der Waals surface area contributed by atoms with Crippen LogP contribution in [0, 0.1) is 5.92 Å². The van der Waals surface area contributed by atoms with Gasteiger partial charge in [-0.2, -0.15) is 0 Å². The van der Waals surface area contributed by atoms with Gasteiger partial charge < -0.3 is 5.32 Å². The third-order valence-corrected chi connectivity index (χ3v) is 5.91. The van der Waals surface area contributed by atoms with Crippen molar-refractivity contribution in [2.45, 2.75) is 36.6 Å². The van der Waals surface area contributed by atoms with Gasteiger partial charge in [-0.3, -0.25) is 4.79 Å². The topological polar surface area (TPSA) is 63.2 Å². The fraction of sp³-hybridized carbons (Fsp3) is 0.500. The number of carbonyl (C=O) groups is 1. The second kappa shape index (κ2) is 4.63. The average Bonchev–Trinajstić information content (AvgIpc) is 2.31. The summed E-state index contributed by atoms with van der Waals surface area (Å²) in [6, 6.07) is 6.83. The minimum Gasteiger partial charge on any atom is -0.349 e. The Morgan fingerprint density at radius 1 is 1.16 bits per heavy atom. The zero-order chi connectivity index (χ0) is 13.5. The van der Waals surface area contributed by atoms with E-state index in [-0.39, 0.29) is 23.6 Å². The fourth-order valence-electron chi connectivity index (χ4n) is 2.70. The molecular weight excluding hydrogens is 262 g/mol. The van der Waals surface area contributed by atoms with E-state index in [1.165, 1.54) is 0 Å². The molecule has 0 aromatic heterocycles. The number of hydrogen-bond acceptors (Lipinski definition) is 3. The molecule has 0 radical (unpaired) electrons. The predicted molar refractivity (Wildman–Crippen MR) is 71.3 cm³/mol. The van der Waals surface area contributed by atoms with Crippen LogP contribution in [0.15, 0.2) is 29.2 Å². The van der Waals surface area contributed by atoms with Crippen molar-refractivity contribution >= 4 is 15.7 Å². The van der Waals surface area contributed by atoms with Crippen LogP contribution >= 0.6 is 0 Å². The summed E-state index contributed by atoms with van der Waals surface area (Å²) in [6.45, 7) is 0. The monoisotopic (exact) mass is 279 g/mol. The highest BCUT2D eigenvalue weighted by Crippen LogP contribution is 2.33. The van der Waals surface area contributed by atoms with Crippen LogP contribution in [0.4, 0.5) is 0 Å². The zero-order valence-electron chi connectivity index (χ0n) is 10.6. The summed E-state index contributed by atoms with van der Waals surface area (Å²) >= 11 is 0. The van der Waals surface area contributed by atoms with Crippen molar-refractivity contribution in [2.75, 3.05) is 5.75 Å². The normalized spacial score (nSPS) is 25.2. The van der Waals surface area contributed by atoms with Crippen molar-refractivity contribution in [3.8, 4) is 0 Å². The molecule has 1 amide bonds. The summed E-state index contributed by atoms with van der Waals surface area (Å²) in [5.41, 5.74) is 0.737. The van der Waals surface area contributed by atoms with Crippen molar-refractivity contribution in [1.29, 1.82) is 0 Å². The molecule has 0 spiro atoms. The Morgan fingerprint density at radius 2 is 1.89 bits per heavy atom. The fourth-order valence-corrected chi connectivity index (χ4v) is 4.32. The summed E-state index contributed by atoms with van der Waals surface area (Å²) in [5, 5.41) is 3.01. The highest BCUT2D eigenvalue weighted by molar-refractivity contribution is 7.91. The second-order valence-corrected chi connectivity index (χ2v) is 7.41. The Kier molecular flexibility index (Phi) is 3.09. The summed E-state index contributed by atoms with van der Waals surface area (Å²) in [4.78, 5) is 12.4. The van der Waals surface area contributed by atoms with E-state index in [1.807, 2.05) is 6.07 Å². The summed E-state index contributed by atoms with van der Waals surface area (Å²) in [7, 11) is -3.17. The van der Waals surface area contributed by atoms with Crippen LogP contribution in [0.3, 0.4) is 0 Å². The molecule has 1 fully saturated rings. The molecule has 1 aromatic rings. The van der Waals surface area contributed by atoms with E-state index in [2.05, 4.69) is 5.32 Å². The number of nitrogens with one attached hydrogen (secondary N) is 1. The standard InChI is InChI=1S/C14H17NO3S/c16-14(10-4-3-5-10)15-12-8-9-19(17,18)13-7-2-1-6-11(12)13/h1-2,6-7,10,12H,3-5,8-9H2,(H,15,16)/t12-/m1/s1. The number of benzene rings is 1. The second-order valence-electron chi connectivity index (χ2n) is 5.33. The van der Waals surface area contributed by atoms with Crippen LogP contribution in [0.2, 0.25) is 0 Å². The van der Waals surface area contributed by atoms with E-state index >= 15 is 0 Å². The largest absolute Gasteiger partial charge is 0.349 e. The van der Waals surface area contributed by atoms with Gasteiger partial charge in [0.2, 0.25) is 5.91 Å². The predicted octanol–water partition coefficient (Wildman–Crippen LogP) is 1.82. The molecule has 102 valence electrons. The number of sulfone groups is 1. The van der Waals surface area contributed by atoms with Gasteiger partial charge in [0.15, 0.2) is 9.84 Å². The Morgan fingerprint density at radius 3 is 2.58 bits per heavy atom. The van der Waals surface area contributed by atoms with Crippen molar-refractivity contribution in [3.05, 3.63) is 29.8 Å². The summed E-state index contributed by atoms with van der Waals surface area (Å²) in [6.07, 6.45) is 3.50. The lowest BCUT2D eigenvalue weighted by Crippen LogP contribution is -2.39. The molecule has 5 heteroatoms. The number of fused-ring (bicyclic) bond motifs is 1. The van der Waals surface area contributed by atoms with E-state index in [0.717, 1.165) is 24.8 Å². The van der Waals surface area contributed by atoms with Gasteiger partial charge >= 0.3 is 0 Å². The Balaban J connectivity index is 1.86. The lowest BCUT2D eigenvalue weighted by atomic mass is 9.84. The van der Waals surface area contributed by atoms with E-state index in [4.69, 9.17) is 0 Å². The molecule has 4 nitrogen and oxygen atoms in total. The molecule has 0 saturated heterocycles. The lowest BCUT2D eigenvalue weighted by molar-refractivity contribution is -0.128. The zero-order valence-corrected chi connectivity index (χ0v) is 11.4. The van der Waals surface area contributed by atoms with Crippen molar-refractivity contribution < 1.29 is 13.2 Å². The first-order valence-electron chi connectivity index (χ1n) is 6.70. The molecule has 1 saturated carbocycles. The maximum absolute atomic E-state index is 12.0. The van der Waals surface area contributed by atoms with Gasteiger partial charge in [-0.1, -0.05) is 24.6 Å². The molecule has 0 unspecified atom stereocenters. The highest BCUT2D eigenvalue weighted by Gasteiger charge is 2.33. The van der Waals surface area contributed by atoms with E-state index in [9.17, 15) is 13.2 Å². The minimum absolute atomic E-state index is 0.0744. The van der Waals surface area contributed by atoms with E-state index in [0.29, 0.717) is 11.3 Å². The third kappa shape index (κ3) is 2.27. The highest BCUT2D eigenvalue weighted by atomic mass is 32.2. The summed E-state index contributed by atoms with van der Waals surface area (Å²) in [5.74, 6) is 0.315. The van der Waals surface area contributed by atoms with Gasteiger partial charge in [-0.15, -0.1) is 0 Å². The maximum atomic E-state index is 12.0. The molecule has 1 atom stereocenters.